The normalized spacial score (nSPS) is 13.4. The van der Waals surface area contributed by atoms with Crippen LogP contribution < -0.4 is 5.32 Å². The van der Waals surface area contributed by atoms with E-state index in [0.29, 0.717) is 12.7 Å². The minimum atomic E-state index is 0.121. The molecule has 0 saturated heterocycles. The Morgan fingerprint density at radius 1 is 1.55 bits per heavy atom. The lowest BCUT2D eigenvalue weighted by Gasteiger charge is -2.14. The maximum Gasteiger partial charge on any atom is 0.0701 e. The minimum Gasteiger partial charge on any atom is -0.394 e. The van der Waals surface area contributed by atoms with Crippen molar-refractivity contribution >= 4 is 0 Å². The molecular formula is C8H19NO2. The predicted octanol–water partition coefficient (Wildman–Crippen LogP) is 0.383. The van der Waals surface area contributed by atoms with Crippen LogP contribution in [-0.4, -0.2) is 38.0 Å². The average Bonchev–Trinajstić information content (AvgIpc) is 2.05. The highest BCUT2D eigenvalue weighted by Gasteiger charge is 2.03. The third kappa shape index (κ3) is 6.28. The summed E-state index contributed by atoms with van der Waals surface area (Å²) < 4.78 is 5.35. The van der Waals surface area contributed by atoms with Gasteiger partial charge in [-0.2, -0.15) is 0 Å². The van der Waals surface area contributed by atoms with Gasteiger partial charge in [0.15, 0.2) is 0 Å². The third-order valence-corrected chi connectivity index (χ3v) is 1.62. The number of hydrogen-bond acceptors (Lipinski definition) is 3. The van der Waals surface area contributed by atoms with E-state index in [4.69, 9.17) is 9.84 Å². The molecule has 2 N–H and O–H groups in total. The van der Waals surface area contributed by atoms with Crippen molar-refractivity contribution in [3.8, 4) is 0 Å². The van der Waals surface area contributed by atoms with Gasteiger partial charge < -0.3 is 15.2 Å². The van der Waals surface area contributed by atoms with Crippen molar-refractivity contribution in [2.24, 2.45) is 0 Å². The van der Waals surface area contributed by atoms with E-state index in [9.17, 15) is 0 Å². The molecule has 0 radical (unpaired) electrons. The quantitative estimate of drug-likeness (QED) is 0.567. The number of hydrogen-bond donors (Lipinski definition) is 2. The van der Waals surface area contributed by atoms with E-state index in [1.807, 2.05) is 7.05 Å². The van der Waals surface area contributed by atoms with E-state index in [1.54, 1.807) is 0 Å². The second-order valence-electron chi connectivity index (χ2n) is 2.52. The first-order valence-corrected chi connectivity index (χ1v) is 4.22. The lowest BCUT2D eigenvalue weighted by Crippen LogP contribution is -2.20. The maximum absolute atomic E-state index is 8.50. The molecule has 3 nitrogen and oxygen atoms in total. The molecule has 0 aliphatic rings. The average molecular weight is 161 g/mol. The molecular weight excluding hydrogens is 142 g/mol. The van der Waals surface area contributed by atoms with Crippen LogP contribution in [0.25, 0.3) is 0 Å². The molecule has 3 heteroatoms. The molecule has 0 aromatic rings. The Bertz CT molecular complexity index is 70.5. The van der Waals surface area contributed by atoms with Crippen LogP contribution in [0.3, 0.4) is 0 Å². The van der Waals surface area contributed by atoms with Gasteiger partial charge >= 0.3 is 0 Å². The van der Waals surface area contributed by atoms with E-state index >= 15 is 0 Å². The van der Waals surface area contributed by atoms with Crippen molar-refractivity contribution in [1.29, 1.82) is 0 Å². The molecule has 0 bridgehead atoms. The SMILES string of the molecule is CCC(CCNC)OCCO. The van der Waals surface area contributed by atoms with Crippen LogP contribution in [0.2, 0.25) is 0 Å². The molecule has 0 aromatic heterocycles. The van der Waals surface area contributed by atoms with Crippen molar-refractivity contribution in [1.82, 2.24) is 5.32 Å². The van der Waals surface area contributed by atoms with Gasteiger partial charge in [-0.05, 0) is 26.4 Å². The lowest BCUT2D eigenvalue weighted by atomic mass is 10.2. The zero-order valence-corrected chi connectivity index (χ0v) is 7.47. The topological polar surface area (TPSA) is 41.5 Å². The second kappa shape index (κ2) is 7.98. The van der Waals surface area contributed by atoms with Crippen molar-refractivity contribution in [3.05, 3.63) is 0 Å². The van der Waals surface area contributed by atoms with Crippen molar-refractivity contribution in [2.75, 3.05) is 26.8 Å². The lowest BCUT2D eigenvalue weighted by molar-refractivity contribution is 0.0226. The molecule has 0 heterocycles. The number of aliphatic hydroxyl groups excluding tert-OH is 1. The summed E-state index contributed by atoms with van der Waals surface area (Å²) in [7, 11) is 1.93. The zero-order chi connectivity index (χ0) is 8.53. The third-order valence-electron chi connectivity index (χ3n) is 1.62. The molecule has 1 atom stereocenters. The summed E-state index contributed by atoms with van der Waals surface area (Å²) in [5.41, 5.74) is 0. The van der Waals surface area contributed by atoms with Crippen LogP contribution in [0.4, 0.5) is 0 Å². The molecule has 0 aromatic carbocycles. The van der Waals surface area contributed by atoms with Gasteiger partial charge in [-0.15, -0.1) is 0 Å². The van der Waals surface area contributed by atoms with E-state index < -0.39 is 0 Å². The van der Waals surface area contributed by atoms with Gasteiger partial charge in [0.1, 0.15) is 0 Å². The van der Waals surface area contributed by atoms with Gasteiger partial charge in [0.25, 0.3) is 0 Å². The summed E-state index contributed by atoms with van der Waals surface area (Å²) in [6.45, 7) is 3.65. The van der Waals surface area contributed by atoms with Crippen LogP contribution in [0.15, 0.2) is 0 Å². The van der Waals surface area contributed by atoms with Crippen LogP contribution >= 0.6 is 0 Å². The highest BCUT2D eigenvalue weighted by Crippen LogP contribution is 2.01. The van der Waals surface area contributed by atoms with Crippen molar-refractivity contribution in [2.45, 2.75) is 25.9 Å². The van der Waals surface area contributed by atoms with E-state index in [0.717, 1.165) is 19.4 Å². The Kier molecular flexibility index (Phi) is 7.89. The smallest absolute Gasteiger partial charge is 0.0701 e. The molecule has 0 saturated carbocycles. The monoisotopic (exact) mass is 161 g/mol. The summed E-state index contributed by atoms with van der Waals surface area (Å²) in [5, 5.41) is 11.6. The van der Waals surface area contributed by atoms with Crippen LogP contribution in [0, 0.1) is 0 Å². The van der Waals surface area contributed by atoms with Crippen LogP contribution in [0.5, 0.6) is 0 Å². The Hall–Kier alpha value is -0.120. The van der Waals surface area contributed by atoms with E-state index in [2.05, 4.69) is 12.2 Å². The molecule has 1 unspecified atom stereocenters. The summed E-state index contributed by atoms with van der Waals surface area (Å²) in [6.07, 6.45) is 2.34. The van der Waals surface area contributed by atoms with Gasteiger partial charge in [0.05, 0.1) is 19.3 Å². The van der Waals surface area contributed by atoms with Gasteiger partial charge in [-0.25, -0.2) is 0 Å². The number of nitrogens with one attached hydrogen (secondary N) is 1. The first-order valence-electron chi connectivity index (χ1n) is 4.22. The highest BCUT2D eigenvalue weighted by atomic mass is 16.5. The predicted molar refractivity (Wildman–Crippen MR) is 45.7 cm³/mol. The second-order valence-corrected chi connectivity index (χ2v) is 2.52. The summed E-state index contributed by atoms with van der Waals surface area (Å²) in [4.78, 5) is 0. The van der Waals surface area contributed by atoms with Gasteiger partial charge in [0, 0.05) is 0 Å². The largest absolute Gasteiger partial charge is 0.394 e. The minimum absolute atomic E-state index is 0.121. The summed E-state index contributed by atoms with van der Waals surface area (Å²) >= 11 is 0. The Morgan fingerprint density at radius 3 is 2.73 bits per heavy atom. The van der Waals surface area contributed by atoms with Crippen LogP contribution in [-0.2, 0) is 4.74 Å². The van der Waals surface area contributed by atoms with Gasteiger partial charge in [-0.3, -0.25) is 0 Å². The molecule has 0 fully saturated rings. The molecule has 11 heavy (non-hydrogen) atoms. The first kappa shape index (κ1) is 10.9. The Labute approximate surface area is 68.8 Å². The molecule has 0 aliphatic heterocycles. The molecule has 0 spiro atoms. The fourth-order valence-electron chi connectivity index (χ4n) is 0.930. The van der Waals surface area contributed by atoms with Crippen LogP contribution in [0.1, 0.15) is 19.8 Å². The zero-order valence-electron chi connectivity index (χ0n) is 7.47. The van der Waals surface area contributed by atoms with Crippen molar-refractivity contribution in [3.63, 3.8) is 0 Å². The number of ether oxygens (including phenoxy) is 1. The molecule has 0 rings (SSSR count). The highest BCUT2D eigenvalue weighted by molar-refractivity contribution is 4.56. The fraction of sp³-hybridized carbons (Fsp3) is 1.00. The van der Waals surface area contributed by atoms with E-state index in [-0.39, 0.29) is 6.61 Å². The summed E-state index contributed by atoms with van der Waals surface area (Å²) in [5.74, 6) is 0. The fourth-order valence-corrected chi connectivity index (χ4v) is 0.930. The molecule has 68 valence electrons. The maximum atomic E-state index is 8.50. The standard InChI is InChI=1S/C8H19NO2/c1-3-8(4-5-9-2)11-7-6-10/h8-10H,3-7H2,1-2H3. The molecule has 0 aliphatic carbocycles. The molecule has 0 amide bonds. The Balaban J connectivity index is 3.25. The van der Waals surface area contributed by atoms with Gasteiger partial charge in [0.2, 0.25) is 0 Å². The summed E-state index contributed by atoms with van der Waals surface area (Å²) in [6, 6.07) is 0. The van der Waals surface area contributed by atoms with E-state index in [1.165, 1.54) is 0 Å². The van der Waals surface area contributed by atoms with Gasteiger partial charge in [-0.1, -0.05) is 6.92 Å². The first-order chi connectivity index (χ1) is 5.35. The van der Waals surface area contributed by atoms with Crippen molar-refractivity contribution < 1.29 is 9.84 Å². The number of rotatable bonds is 7. The number of aliphatic hydroxyl groups is 1. The Morgan fingerprint density at radius 2 is 2.27 bits per heavy atom.